The van der Waals surface area contributed by atoms with Crippen molar-refractivity contribution in [1.29, 1.82) is 0 Å². The Morgan fingerprint density at radius 1 is 1.20 bits per heavy atom. The Hall–Kier alpha value is -0.990. The zero-order valence-electron chi connectivity index (χ0n) is 10.1. The van der Waals surface area contributed by atoms with Crippen molar-refractivity contribution >= 4 is 6.72 Å². The van der Waals surface area contributed by atoms with Crippen molar-refractivity contribution in [3.05, 3.63) is 23.4 Å². The molecule has 0 fully saturated rings. The van der Waals surface area contributed by atoms with E-state index < -0.39 is 11.3 Å². The molecule has 1 nitrogen and oxygen atoms in total. The van der Waals surface area contributed by atoms with Gasteiger partial charge >= 0.3 is 0 Å². The minimum absolute atomic E-state index is 0.0926. The fourth-order valence-electron chi connectivity index (χ4n) is 1.05. The van der Waals surface area contributed by atoms with E-state index in [-0.39, 0.29) is 5.57 Å². The molecule has 0 heterocycles. The first-order chi connectivity index (χ1) is 6.63. The summed E-state index contributed by atoms with van der Waals surface area (Å²) in [5.41, 5.74) is -0.408. The molecular weight excluding hydrogens is 196 g/mol. The van der Waals surface area contributed by atoms with Crippen molar-refractivity contribution in [1.82, 2.24) is 0 Å². The normalized spacial score (nSPS) is 13.7. The maximum absolute atomic E-state index is 13.9. The van der Waals surface area contributed by atoms with Gasteiger partial charge in [0.05, 0.1) is 0 Å². The number of halogens is 2. The summed E-state index contributed by atoms with van der Waals surface area (Å²) in [5, 5.41) is 0. The largest absolute Gasteiger partial charge is 0.279 e. The van der Waals surface area contributed by atoms with Crippen LogP contribution in [0.2, 0.25) is 0 Å². The third-order valence-electron chi connectivity index (χ3n) is 1.98. The molecule has 0 aromatic heterocycles. The molecule has 0 rings (SSSR count). The van der Waals surface area contributed by atoms with E-state index in [1.165, 1.54) is 26.8 Å². The lowest BCUT2D eigenvalue weighted by atomic mass is 9.83. The zero-order valence-corrected chi connectivity index (χ0v) is 10.1. The quantitative estimate of drug-likeness (QED) is 0.493. The van der Waals surface area contributed by atoms with Crippen LogP contribution >= 0.6 is 0 Å². The molecule has 15 heavy (non-hydrogen) atoms. The number of hydrogen-bond acceptors (Lipinski definition) is 1. The molecule has 0 unspecified atom stereocenters. The Balaban J connectivity index is 5.38. The molecule has 86 valence electrons. The number of hydrogen-bond donors (Lipinski definition) is 0. The van der Waals surface area contributed by atoms with Crippen LogP contribution in [0, 0.1) is 5.41 Å². The van der Waals surface area contributed by atoms with E-state index in [0.717, 1.165) is 11.8 Å². The van der Waals surface area contributed by atoms with E-state index in [2.05, 4.69) is 11.7 Å². The Kier molecular flexibility index (Phi) is 4.38. The van der Waals surface area contributed by atoms with Gasteiger partial charge in [-0.1, -0.05) is 32.4 Å². The molecule has 0 radical (unpaired) electrons. The summed E-state index contributed by atoms with van der Waals surface area (Å²) in [7, 11) is 0. The van der Waals surface area contributed by atoms with E-state index in [1.54, 1.807) is 13.8 Å². The van der Waals surface area contributed by atoms with Crippen LogP contribution in [0.25, 0.3) is 0 Å². The van der Waals surface area contributed by atoms with Crippen molar-refractivity contribution in [3.63, 3.8) is 0 Å². The molecule has 0 bridgehead atoms. The number of nitrogens with zero attached hydrogens (tertiary/aromatic N) is 1. The number of aliphatic imine (C=N–C) groups is 1. The van der Waals surface area contributed by atoms with Crippen molar-refractivity contribution < 1.29 is 8.78 Å². The molecule has 0 aliphatic heterocycles. The van der Waals surface area contributed by atoms with Gasteiger partial charge in [0.15, 0.2) is 0 Å². The van der Waals surface area contributed by atoms with E-state index in [0.29, 0.717) is 0 Å². The highest BCUT2D eigenvalue weighted by atomic mass is 19.3. The van der Waals surface area contributed by atoms with E-state index in [4.69, 9.17) is 0 Å². The van der Waals surface area contributed by atoms with Crippen LogP contribution in [0.1, 0.15) is 34.6 Å². The zero-order chi connectivity index (χ0) is 12.3. The topological polar surface area (TPSA) is 12.4 Å². The third kappa shape index (κ3) is 3.57. The van der Waals surface area contributed by atoms with Crippen LogP contribution in [-0.4, -0.2) is 12.6 Å². The number of allylic oxidation sites excluding steroid dienone is 3. The van der Waals surface area contributed by atoms with Crippen LogP contribution in [0.3, 0.4) is 0 Å². The van der Waals surface area contributed by atoms with E-state index >= 15 is 0 Å². The molecule has 0 aliphatic carbocycles. The van der Waals surface area contributed by atoms with Crippen LogP contribution in [0.5, 0.6) is 0 Å². The molecule has 0 aromatic rings. The van der Waals surface area contributed by atoms with Gasteiger partial charge in [-0.2, -0.15) is 0 Å². The molecular formula is C12H19F2N. The molecule has 0 spiro atoms. The van der Waals surface area contributed by atoms with Gasteiger partial charge in [-0.3, -0.25) is 4.99 Å². The minimum atomic E-state index is -2.91. The molecule has 0 saturated carbocycles. The van der Waals surface area contributed by atoms with Gasteiger partial charge in [0.2, 0.25) is 0 Å². The summed E-state index contributed by atoms with van der Waals surface area (Å²) < 4.78 is 27.9. The Morgan fingerprint density at radius 3 is 1.93 bits per heavy atom. The van der Waals surface area contributed by atoms with Crippen molar-refractivity contribution in [2.75, 3.05) is 0 Å². The Labute approximate surface area is 90.6 Å². The summed E-state index contributed by atoms with van der Waals surface area (Å²) in [6, 6.07) is 0. The van der Waals surface area contributed by atoms with Gasteiger partial charge < -0.3 is 0 Å². The second-order valence-corrected chi connectivity index (χ2v) is 4.81. The highest BCUT2D eigenvalue weighted by molar-refractivity contribution is 5.34. The minimum Gasteiger partial charge on any atom is -0.272 e. The predicted octanol–water partition coefficient (Wildman–Crippen LogP) is 4.22. The van der Waals surface area contributed by atoms with Gasteiger partial charge in [0.25, 0.3) is 5.92 Å². The monoisotopic (exact) mass is 215 g/mol. The third-order valence-corrected chi connectivity index (χ3v) is 1.98. The van der Waals surface area contributed by atoms with Crippen molar-refractivity contribution in [2.24, 2.45) is 10.4 Å². The van der Waals surface area contributed by atoms with Crippen molar-refractivity contribution in [3.8, 4) is 0 Å². The lowest BCUT2D eigenvalue weighted by molar-refractivity contribution is -0.0582. The van der Waals surface area contributed by atoms with Gasteiger partial charge in [0, 0.05) is 17.2 Å². The fraction of sp³-hybridized carbons (Fsp3) is 0.583. The maximum atomic E-state index is 13.9. The first-order valence-corrected chi connectivity index (χ1v) is 4.82. The maximum Gasteiger partial charge on any atom is 0.279 e. The summed E-state index contributed by atoms with van der Waals surface area (Å²) in [4.78, 5) is 3.43. The van der Waals surface area contributed by atoms with Gasteiger partial charge in [-0.25, -0.2) is 8.78 Å². The smallest absolute Gasteiger partial charge is 0.272 e. The molecule has 0 N–H and O–H groups in total. The number of rotatable bonds is 3. The summed E-state index contributed by atoms with van der Waals surface area (Å²) >= 11 is 0. The summed E-state index contributed by atoms with van der Waals surface area (Å²) in [6.45, 7) is 11.3. The second-order valence-electron chi connectivity index (χ2n) is 4.81. The Morgan fingerprint density at radius 2 is 1.67 bits per heavy atom. The lowest BCUT2D eigenvalue weighted by Gasteiger charge is -2.31. The Bertz CT molecular complexity index is 289. The van der Waals surface area contributed by atoms with E-state index in [1.807, 2.05) is 0 Å². The first-order valence-electron chi connectivity index (χ1n) is 4.82. The van der Waals surface area contributed by atoms with Crippen LogP contribution in [0.4, 0.5) is 8.78 Å². The van der Waals surface area contributed by atoms with Crippen LogP contribution in [0.15, 0.2) is 28.4 Å². The fourth-order valence-corrected chi connectivity index (χ4v) is 1.05. The molecule has 3 heteroatoms. The lowest BCUT2D eigenvalue weighted by Crippen LogP contribution is -2.35. The van der Waals surface area contributed by atoms with Crippen molar-refractivity contribution in [2.45, 2.75) is 40.5 Å². The second kappa shape index (κ2) is 4.69. The summed E-state index contributed by atoms with van der Waals surface area (Å²) in [6.07, 6.45) is 2.57. The van der Waals surface area contributed by atoms with Crippen LogP contribution in [-0.2, 0) is 0 Å². The molecule has 0 atom stereocenters. The van der Waals surface area contributed by atoms with Gasteiger partial charge in [-0.05, 0) is 20.6 Å². The average Bonchev–Trinajstić information content (AvgIpc) is 2.00. The number of alkyl halides is 2. The highest BCUT2D eigenvalue weighted by Crippen LogP contribution is 2.42. The molecule has 0 saturated heterocycles. The average molecular weight is 215 g/mol. The SMILES string of the molecule is C=N/C=C(\C=C(C)C)C(F)(F)C(C)(C)C. The highest BCUT2D eigenvalue weighted by Gasteiger charge is 2.45. The molecule has 0 aliphatic rings. The standard InChI is InChI=1S/C12H19F2N/c1-9(2)7-10(8-15-6)12(13,14)11(3,4)5/h7-8H,6H2,1-5H3/b10-8+. The first kappa shape index (κ1) is 14.0. The van der Waals surface area contributed by atoms with Gasteiger partial charge in [-0.15, -0.1) is 0 Å². The van der Waals surface area contributed by atoms with Crippen LogP contribution < -0.4 is 0 Å². The molecule has 0 aromatic carbocycles. The summed E-state index contributed by atoms with van der Waals surface area (Å²) in [5.74, 6) is -2.91. The van der Waals surface area contributed by atoms with E-state index in [9.17, 15) is 8.78 Å². The molecule has 0 amide bonds. The predicted molar refractivity (Wildman–Crippen MR) is 61.5 cm³/mol. The van der Waals surface area contributed by atoms with Gasteiger partial charge in [0.1, 0.15) is 0 Å².